The van der Waals surface area contributed by atoms with Gasteiger partial charge < -0.3 is 11.1 Å². The molecule has 0 saturated heterocycles. The molecule has 2 heterocycles. The number of anilines is 1. The molecule has 2 aromatic heterocycles. The molecule has 0 aliphatic heterocycles. The number of nitrogens with two attached hydrogens (primary N) is 1. The predicted octanol–water partition coefficient (Wildman–Crippen LogP) is 2.50. The van der Waals surface area contributed by atoms with Gasteiger partial charge in [0.1, 0.15) is 0 Å². The summed E-state index contributed by atoms with van der Waals surface area (Å²) in [6.45, 7) is 0. The van der Waals surface area contributed by atoms with E-state index in [4.69, 9.17) is 5.73 Å². The van der Waals surface area contributed by atoms with E-state index in [1.807, 2.05) is 24.3 Å². The zero-order valence-electron chi connectivity index (χ0n) is 13.1. The second-order valence-electron chi connectivity index (χ2n) is 6.14. The quantitative estimate of drug-likeness (QED) is 0.614. The van der Waals surface area contributed by atoms with Gasteiger partial charge in [-0.25, -0.2) is 4.98 Å². The second kappa shape index (κ2) is 6.60. The topological polar surface area (TPSA) is 94.5 Å². The molecule has 1 saturated carbocycles. The van der Waals surface area contributed by atoms with E-state index < -0.39 is 0 Å². The third kappa shape index (κ3) is 3.20. The van der Waals surface area contributed by atoms with Gasteiger partial charge in [0, 0.05) is 15.7 Å². The van der Waals surface area contributed by atoms with Gasteiger partial charge in [0.2, 0.25) is 5.95 Å². The van der Waals surface area contributed by atoms with Gasteiger partial charge in [0.05, 0.1) is 11.9 Å². The van der Waals surface area contributed by atoms with Crippen LogP contribution in [0, 0.1) is 3.57 Å². The van der Waals surface area contributed by atoms with Crippen LogP contribution >= 0.6 is 22.6 Å². The van der Waals surface area contributed by atoms with E-state index in [1.165, 1.54) is 3.57 Å². The lowest BCUT2D eigenvalue weighted by Gasteiger charge is -2.26. The standard InChI is InChI=1S/C16H18IN7/c17-10-1-7-13(8-2-10)24-15-14(22-23-24)9-19-16(21-15)20-12-5-3-11(18)4-6-12/h1-2,7-9,11-12H,3-6,18H2,(H,19,20,21)/t11-,12-. The van der Waals surface area contributed by atoms with E-state index in [2.05, 4.69) is 48.2 Å². The molecule has 7 nitrogen and oxygen atoms in total. The first-order valence-electron chi connectivity index (χ1n) is 8.05. The number of hydrogen-bond acceptors (Lipinski definition) is 6. The van der Waals surface area contributed by atoms with Crippen molar-refractivity contribution in [2.45, 2.75) is 37.8 Å². The molecule has 1 aliphatic carbocycles. The minimum absolute atomic E-state index is 0.331. The fourth-order valence-electron chi connectivity index (χ4n) is 3.00. The van der Waals surface area contributed by atoms with Gasteiger partial charge in [-0.2, -0.15) is 9.67 Å². The average Bonchev–Trinajstić information content (AvgIpc) is 3.01. The molecule has 8 heteroatoms. The Bertz CT molecular complexity index is 837. The number of rotatable bonds is 3. The van der Waals surface area contributed by atoms with Crippen molar-refractivity contribution < 1.29 is 0 Å². The van der Waals surface area contributed by atoms with Crippen molar-refractivity contribution in [2.75, 3.05) is 5.32 Å². The van der Waals surface area contributed by atoms with Crippen molar-refractivity contribution in [1.82, 2.24) is 25.0 Å². The summed E-state index contributed by atoms with van der Waals surface area (Å²) in [4.78, 5) is 9.00. The van der Waals surface area contributed by atoms with E-state index in [0.717, 1.165) is 31.4 Å². The Morgan fingerprint density at radius 2 is 1.88 bits per heavy atom. The van der Waals surface area contributed by atoms with Gasteiger partial charge in [-0.15, -0.1) is 5.10 Å². The molecule has 1 fully saturated rings. The molecule has 0 atom stereocenters. The van der Waals surface area contributed by atoms with Gasteiger partial charge in [0.25, 0.3) is 0 Å². The van der Waals surface area contributed by atoms with E-state index in [9.17, 15) is 0 Å². The van der Waals surface area contributed by atoms with Crippen LogP contribution in [0.3, 0.4) is 0 Å². The van der Waals surface area contributed by atoms with Crippen molar-refractivity contribution in [2.24, 2.45) is 5.73 Å². The molecular formula is C16H18IN7. The summed E-state index contributed by atoms with van der Waals surface area (Å²) in [5, 5.41) is 11.8. The first-order chi connectivity index (χ1) is 11.7. The average molecular weight is 435 g/mol. The van der Waals surface area contributed by atoms with Gasteiger partial charge in [-0.3, -0.25) is 0 Å². The van der Waals surface area contributed by atoms with Gasteiger partial charge in [-0.05, 0) is 72.5 Å². The first-order valence-corrected chi connectivity index (χ1v) is 9.13. The first kappa shape index (κ1) is 15.7. The molecule has 1 aliphatic rings. The fraction of sp³-hybridized carbons (Fsp3) is 0.375. The van der Waals surface area contributed by atoms with E-state index in [0.29, 0.717) is 29.2 Å². The zero-order valence-corrected chi connectivity index (χ0v) is 15.2. The third-order valence-corrected chi connectivity index (χ3v) is 5.09. The number of benzene rings is 1. The summed E-state index contributed by atoms with van der Waals surface area (Å²) in [5.74, 6) is 0.622. The molecule has 1 aromatic carbocycles. The number of halogens is 1. The van der Waals surface area contributed by atoms with Crippen LogP contribution in [0.5, 0.6) is 0 Å². The Morgan fingerprint density at radius 3 is 2.62 bits per heavy atom. The summed E-state index contributed by atoms with van der Waals surface area (Å²) in [6, 6.07) is 8.80. The fourth-order valence-corrected chi connectivity index (χ4v) is 3.36. The molecule has 24 heavy (non-hydrogen) atoms. The van der Waals surface area contributed by atoms with Crippen LogP contribution in [0.15, 0.2) is 30.5 Å². The Balaban J connectivity index is 1.62. The number of fused-ring (bicyclic) bond motifs is 1. The molecule has 0 radical (unpaired) electrons. The minimum atomic E-state index is 0.331. The highest BCUT2D eigenvalue weighted by Gasteiger charge is 2.19. The molecule has 124 valence electrons. The summed E-state index contributed by atoms with van der Waals surface area (Å²) in [5.41, 5.74) is 8.30. The number of hydrogen-bond donors (Lipinski definition) is 2. The van der Waals surface area contributed by atoms with Crippen molar-refractivity contribution in [3.8, 4) is 5.69 Å². The molecule has 3 N–H and O–H groups in total. The normalized spacial score (nSPS) is 21.1. The van der Waals surface area contributed by atoms with Crippen molar-refractivity contribution in [3.05, 3.63) is 34.0 Å². The maximum Gasteiger partial charge on any atom is 0.225 e. The molecule has 0 bridgehead atoms. The lowest BCUT2D eigenvalue weighted by atomic mass is 9.92. The van der Waals surface area contributed by atoms with Crippen LogP contribution in [0.4, 0.5) is 5.95 Å². The van der Waals surface area contributed by atoms with Gasteiger partial charge in [-0.1, -0.05) is 5.21 Å². The van der Waals surface area contributed by atoms with Crippen molar-refractivity contribution in [3.63, 3.8) is 0 Å². The highest BCUT2D eigenvalue weighted by atomic mass is 127. The lowest BCUT2D eigenvalue weighted by Crippen LogP contribution is -2.33. The van der Waals surface area contributed by atoms with E-state index in [-0.39, 0.29) is 0 Å². The highest BCUT2D eigenvalue weighted by Crippen LogP contribution is 2.21. The Hall–Kier alpha value is -1.81. The largest absolute Gasteiger partial charge is 0.351 e. The van der Waals surface area contributed by atoms with Crippen LogP contribution in [0.25, 0.3) is 16.9 Å². The van der Waals surface area contributed by atoms with Crippen LogP contribution in [-0.4, -0.2) is 37.0 Å². The Labute approximate surface area is 153 Å². The summed E-state index contributed by atoms with van der Waals surface area (Å²) >= 11 is 2.28. The van der Waals surface area contributed by atoms with Crippen LogP contribution in [-0.2, 0) is 0 Å². The summed E-state index contributed by atoms with van der Waals surface area (Å²) in [6.07, 6.45) is 5.91. The van der Waals surface area contributed by atoms with Gasteiger partial charge in [0.15, 0.2) is 11.2 Å². The third-order valence-electron chi connectivity index (χ3n) is 4.37. The molecule has 0 spiro atoms. The summed E-state index contributed by atoms with van der Waals surface area (Å²) < 4.78 is 2.92. The molecule has 4 rings (SSSR count). The molecular weight excluding hydrogens is 417 g/mol. The SMILES string of the molecule is N[C@H]1CC[C@H](Nc2ncc3nnn(-c4ccc(I)cc4)c3n2)CC1. The molecule has 0 amide bonds. The van der Waals surface area contributed by atoms with E-state index in [1.54, 1.807) is 10.9 Å². The Morgan fingerprint density at radius 1 is 1.12 bits per heavy atom. The van der Waals surface area contributed by atoms with E-state index >= 15 is 0 Å². The number of aromatic nitrogens is 5. The number of nitrogens with one attached hydrogen (secondary N) is 1. The predicted molar refractivity (Wildman–Crippen MR) is 101 cm³/mol. The monoisotopic (exact) mass is 435 g/mol. The van der Waals surface area contributed by atoms with Crippen LogP contribution in [0.1, 0.15) is 25.7 Å². The molecule has 0 unspecified atom stereocenters. The molecule has 3 aromatic rings. The number of nitrogens with zero attached hydrogens (tertiary/aromatic N) is 5. The smallest absolute Gasteiger partial charge is 0.225 e. The van der Waals surface area contributed by atoms with Crippen LogP contribution in [0.2, 0.25) is 0 Å². The van der Waals surface area contributed by atoms with Gasteiger partial charge >= 0.3 is 0 Å². The maximum atomic E-state index is 5.97. The Kier molecular flexibility index (Phi) is 4.31. The van der Waals surface area contributed by atoms with Crippen molar-refractivity contribution >= 4 is 39.7 Å². The lowest BCUT2D eigenvalue weighted by molar-refractivity contribution is 0.410. The summed E-state index contributed by atoms with van der Waals surface area (Å²) in [7, 11) is 0. The minimum Gasteiger partial charge on any atom is -0.351 e. The van der Waals surface area contributed by atoms with Crippen molar-refractivity contribution in [1.29, 1.82) is 0 Å². The van der Waals surface area contributed by atoms with Crippen LogP contribution < -0.4 is 11.1 Å². The maximum absolute atomic E-state index is 5.97. The zero-order chi connectivity index (χ0) is 16.5. The second-order valence-corrected chi connectivity index (χ2v) is 7.38. The highest BCUT2D eigenvalue weighted by molar-refractivity contribution is 14.1.